The Morgan fingerprint density at radius 2 is 1.91 bits per heavy atom. The van der Waals surface area contributed by atoms with Crippen LogP contribution >= 0.6 is 15.9 Å². The predicted molar refractivity (Wildman–Crippen MR) is 95.0 cm³/mol. The number of anilines is 1. The van der Waals surface area contributed by atoms with E-state index in [2.05, 4.69) is 53.3 Å². The van der Waals surface area contributed by atoms with Crippen LogP contribution in [-0.4, -0.2) is 13.7 Å². The lowest BCUT2D eigenvalue weighted by Gasteiger charge is -2.13. The molecule has 0 aromatic heterocycles. The summed E-state index contributed by atoms with van der Waals surface area (Å²) < 4.78 is 12.2. The maximum absolute atomic E-state index is 5.68. The molecule has 2 aromatic rings. The second-order valence-corrected chi connectivity index (χ2v) is 6.06. The molecular weight excluding hydrogens is 342 g/mol. The fraction of sp³-hybridized carbons (Fsp3) is 0.333. The molecule has 0 radical (unpaired) electrons. The molecule has 4 heteroatoms. The van der Waals surface area contributed by atoms with Crippen LogP contribution in [0, 0.1) is 6.92 Å². The van der Waals surface area contributed by atoms with Crippen molar-refractivity contribution in [2.24, 2.45) is 0 Å². The van der Waals surface area contributed by atoms with Crippen molar-refractivity contribution in [2.45, 2.75) is 26.8 Å². The molecule has 118 valence electrons. The molecule has 0 aliphatic rings. The summed E-state index contributed by atoms with van der Waals surface area (Å²) in [6.07, 6.45) is 0.981. The van der Waals surface area contributed by atoms with Crippen molar-refractivity contribution < 1.29 is 9.47 Å². The summed E-state index contributed by atoms with van der Waals surface area (Å²) in [7, 11) is 1.67. The molecular formula is C18H22BrNO2. The maximum atomic E-state index is 5.68. The van der Waals surface area contributed by atoms with Crippen LogP contribution in [0.3, 0.4) is 0 Å². The van der Waals surface area contributed by atoms with Crippen molar-refractivity contribution in [3.8, 4) is 11.5 Å². The van der Waals surface area contributed by atoms with Crippen molar-refractivity contribution >= 4 is 21.6 Å². The van der Waals surface area contributed by atoms with Gasteiger partial charge < -0.3 is 14.8 Å². The lowest BCUT2D eigenvalue weighted by atomic mass is 10.1. The van der Waals surface area contributed by atoms with E-state index in [9.17, 15) is 0 Å². The second kappa shape index (κ2) is 8.08. The minimum absolute atomic E-state index is 0.700. The van der Waals surface area contributed by atoms with E-state index in [1.807, 2.05) is 18.2 Å². The van der Waals surface area contributed by atoms with Crippen LogP contribution in [0.2, 0.25) is 0 Å². The van der Waals surface area contributed by atoms with Gasteiger partial charge in [-0.15, -0.1) is 0 Å². The van der Waals surface area contributed by atoms with Crippen molar-refractivity contribution in [3.05, 3.63) is 52.0 Å². The molecule has 0 aliphatic carbocycles. The number of halogens is 1. The van der Waals surface area contributed by atoms with Crippen LogP contribution < -0.4 is 14.8 Å². The molecule has 0 fully saturated rings. The molecule has 2 rings (SSSR count). The van der Waals surface area contributed by atoms with Crippen LogP contribution in [-0.2, 0) is 6.54 Å². The van der Waals surface area contributed by atoms with E-state index < -0.39 is 0 Å². The van der Waals surface area contributed by atoms with Crippen molar-refractivity contribution in [2.75, 3.05) is 19.0 Å². The third-order valence-electron chi connectivity index (χ3n) is 3.36. The first-order valence-electron chi connectivity index (χ1n) is 7.43. The molecule has 0 bridgehead atoms. The Labute approximate surface area is 140 Å². The number of rotatable bonds is 7. The number of benzene rings is 2. The Kier molecular flexibility index (Phi) is 6.13. The summed E-state index contributed by atoms with van der Waals surface area (Å²) in [5, 5.41) is 3.45. The van der Waals surface area contributed by atoms with Gasteiger partial charge >= 0.3 is 0 Å². The summed E-state index contributed by atoms with van der Waals surface area (Å²) >= 11 is 3.48. The zero-order valence-electron chi connectivity index (χ0n) is 13.3. The highest BCUT2D eigenvalue weighted by Crippen LogP contribution is 2.29. The third-order valence-corrected chi connectivity index (χ3v) is 3.85. The van der Waals surface area contributed by atoms with Gasteiger partial charge in [-0.3, -0.25) is 0 Å². The Hall–Kier alpha value is -1.68. The van der Waals surface area contributed by atoms with Crippen LogP contribution in [0.5, 0.6) is 11.5 Å². The van der Waals surface area contributed by atoms with Crippen LogP contribution in [0.15, 0.2) is 40.9 Å². The summed E-state index contributed by atoms with van der Waals surface area (Å²) in [6, 6.07) is 12.3. The molecule has 0 saturated carbocycles. The second-order valence-electron chi connectivity index (χ2n) is 5.15. The fourth-order valence-electron chi connectivity index (χ4n) is 2.18. The smallest absolute Gasteiger partial charge is 0.161 e. The third kappa shape index (κ3) is 4.41. The van der Waals surface area contributed by atoms with Crippen LogP contribution in [0.4, 0.5) is 5.69 Å². The zero-order valence-corrected chi connectivity index (χ0v) is 14.9. The molecule has 0 aliphatic heterocycles. The molecule has 0 unspecified atom stereocenters. The van der Waals surface area contributed by atoms with Gasteiger partial charge in [0.25, 0.3) is 0 Å². The lowest BCUT2D eigenvalue weighted by molar-refractivity contribution is 0.294. The predicted octanol–water partition coefficient (Wildman–Crippen LogP) is 5.17. The first kappa shape index (κ1) is 16.7. The molecule has 0 spiro atoms. The molecule has 0 saturated heterocycles. The van der Waals surface area contributed by atoms with E-state index in [-0.39, 0.29) is 0 Å². The number of methoxy groups -OCH3 is 1. The van der Waals surface area contributed by atoms with Crippen molar-refractivity contribution in [1.82, 2.24) is 0 Å². The molecule has 1 N–H and O–H groups in total. The van der Waals surface area contributed by atoms with E-state index in [1.54, 1.807) is 7.11 Å². The van der Waals surface area contributed by atoms with Crippen molar-refractivity contribution in [3.63, 3.8) is 0 Å². The number of ether oxygens (including phenoxy) is 2. The van der Waals surface area contributed by atoms with Gasteiger partial charge in [-0.05, 0) is 54.8 Å². The standard InChI is InChI=1S/C18H22BrNO2/c1-4-9-22-17-8-5-14(11-18(17)21-3)12-20-16-7-6-15(19)10-13(16)2/h5-8,10-11,20H,4,9,12H2,1-3H3. The number of nitrogens with one attached hydrogen (secondary N) is 1. The Morgan fingerprint density at radius 3 is 2.59 bits per heavy atom. The summed E-state index contributed by atoms with van der Waals surface area (Å²) in [4.78, 5) is 0. The largest absolute Gasteiger partial charge is 0.493 e. The average Bonchev–Trinajstić information content (AvgIpc) is 2.52. The SMILES string of the molecule is CCCOc1ccc(CNc2ccc(Br)cc2C)cc1OC. The maximum Gasteiger partial charge on any atom is 0.161 e. The Bertz CT molecular complexity index is 628. The van der Waals surface area contributed by atoms with Crippen LogP contribution in [0.25, 0.3) is 0 Å². The molecule has 22 heavy (non-hydrogen) atoms. The number of hydrogen-bond acceptors (Lipinski definition) is 3. The van der Waals surface area contributed by atoms with Gasteiger partial charge in [-0.2, -0.15) is 0 Å². The number of aryl methyl sites for hydroxylation is 1. The summed E-state index contributed by atoms with van der Waals surface area (Å²) in [5.74, 6) is 1.58. The van der Waals surface area contributed by atoms with E-state index in [1.165, 1.54) is 5.56 Å². The summed E-state index contributed by atoms with van der Waals surface area (Å²) in [5.41, 5.74) is 3.50. The normalized spacial score (nSPS) is 10.4. The molecule has 0 amide bonds. The molecule has 0 heterocycles. The molecule has 2 aromatic carbocycles. The van der Waals surface area contributed by atoms with Gasteiger partial charge in [0.1, 0.15) is 0 Å². The lowest BCUT2D eigenvalue weighted by Crippen LogP contribution is -2.03. The first-order valence-corrected chi connectivity index (χ1v) is 8.23. The summed E-state index contributed by atoms with van der Waals surface area (Å²) in [6.45, 7) is 5.62. The van der Waals surface area contributed by atoms with Gasteiger partial charge in [0, 0.05) is 16.7 Å². The zero-order chi connectivity index (χ0) is 15.9. The van der Waals surface area contributed by atoms with Crippen molar-refractivity contribution in [1.29, 1.82) is 0 Å². The van der Waals surface area contributed by atoms with Gasteiger partial charge in [-0.1, -0.05) is 28.9 Å². The minimum Gasteiger partial charge on any atom is -0.493 e. The quantitative estimate of drug-likeness (QED) is 0.736. The van der Waals surface area contributed by atoms with E-state index >= 15 is 0 Å². The van der Waals surface area contributed by atoms with E-state index in [0.29, 0.717) is 6.61 Å². The highest BCUT2D eigenvalue weighted by molar-refractivity contribution is 9.10. The highest BCUT2D eigenvalue weighted by Gasteiger charge is 2.06. The van der Waals surface area contributed by atoms with E-state index in [4.69, 9.17) is 9.47 Å². The van der Waals surface area contributed by atoms with E-state index in [0.717, 1.165) is 40.2 Å². The van der Waals surface area contributed by atoms with Gasteiger partial charge in [0.15, 0.2) is 11.5 Å². The Balaban J connectivity index is 2.06. The minimum atomic E-state index is 0.700. The molecule has 3 nitrogen and oxygen atoms in total. The van der Waals surface area contributed by atoms with Gasteiger partial charge in [0.2, 0.25) is 0 Å². The van der Waals surface area contributed by atoms with Crippen LogP contribution in [0.1, 0.15) is 24.5 Å². The Morgan fingerprint density at radius 1 is 1.09 bits per heavy atom. The number of hydrogen-bond donors (Lipinski definition) is 1. The molecule has 0 atom stereocenters. The fourth-order valence-corrected chi connectivity index (χ4v) is 2.65. The topological polar surface area (TPSA) is 30.5 Å². The average molecular weight is 364 g/mol. The van der Waals surface area contributed by atoms with Gasteiger partial charge in [-0.25, -0.2) is 0 Å². The first-order chi connectivity index (χ1) is 10.6. The monoisotopic (exact) mass is 363 g/mol. The van der Waals surface area contributed by atoms with Gasteiger partial charge in [0.05, 0.1) is 13.7 Å². The highest BCUT2D eigenvalue weighted by atomic mass is 79.9.